The number of hydrogen-bond donors (Lipinski definition) is 0. The molecule has 4 aromatic rings. The van der Waals surface area contributed by atoms with Crippen molar-refractivity contribution in [3.05, 3.63) is 70.9 Å². The van der Waals surface area contributed by atoms with Gasteiger partial charge < -0.3 is 9.47 Å². The second-order valence-electron chi connectivity index (χ2n) is 8.04. The number of amides is 1. The number of halogens is 3. The average molecular weight is 439 g/mol. The maximum absolute atomic E-state index is 13.9. The van der Waals surface area contributed by atoms with Crippen molar-refractivity contribution in [3.8, 4) is 11.3 Å². The molecule has 3 heterocycles. The molecule has 9 heteroatoms. The van der Waals surface area contributed by atoms with Crippen LogP contribution in [-0.4, -0.2) is 36.7 Å². The van der Waals surface area contributed by atoms with Gasteiger partial charge in [0.05, 0.1) is 34.8 Å². The van der Waals surface area contributed by atoms with E-state index in [9.17, 15) is 18.0 Å². The Morgan fingerprint density at radius 1 is 1.12 bits per heavy atom. The van der Waals surface area contributed by atoms with Gasteiger partial charge in [-0.1, -0.05) is 6.07 Å². The van der Waals surface area contributed by atoms with Gasteiger partial charge in [-0.05, 0) is 37.6 Å². The average Bonchev–Trinajstić information content (AvgIpc) is 3.31. The lowest BCUT2D eigenvalue weighted by atomic mass is 9.95. The van der Waals surface area contributed by atoms with Gasteiger partial charge in [-0.2, -0.15) is 5.10 Å². The van der Waals surface area contributed by atoms with Crippen LogP contribution < -0.4 is 0 Å². The summed E-state index contributed by atoms with van der Waals surface area (Å²) in [6.45, 7) is 2.28. The number of aryl methyl sites for hydroxylation is 2. The van der Waals surface area contributed by atoms with Crippen molar-refractivity contribution in [2.24, 2.45) is 14.1 Å². The van der Waals surface area contributed by atoms with E-state index in [0.717, 1.165) is 23.2 Å². The molecule has 0 unspecified atom stereocenters. The number of benzene rings is 2. The zero-order chi connectivity index (χ0) is 22.7. The maximum Gasteiger partial charge on any atom is 0.256 e. The molecule has 0 N–H and O–H groups in total. The van der Waals surface area contributed by atoms with Gasteiger partial charge in [-0.15, -0.1) is 0 Å². The summed E-state index contributed by atoms with van der Waals surface area (Å²) in [6, 6.07) is 7.07. The third-order valence-electron chi connectivity index (χ3n) is 6.15. The Hall–Kier alpha value is -3.62. The summed E-state index contributed by atoms with van der Waals surface area (Å²) in [5.41, 5.74) is 4.19. The summed E-state index contributed by atoms with van der Waals surface area (Å²) in [6.07, 6.45) is 2.12. The van der Waals surface area contributed by atoms with Gasteiger partial charge in [0, 0.05) is 31.8 Å². The van der Waals surface area contributed by atoms with Crippen LogP contribution >= 0.6 is 0 Å². The Morgan fingerprint density at radius 2 is 1.84 bits per heavy atom. The first-order valence-corrected chi connectivity index (χ1v) is 10.2. The van der Waals surface area contributed by atoms with Crippen LogP contribution in [0.3, 0.4) is 0 Å². The van der Waals surface area contributed by atoms with E-state index in [-0.39, 0.29) is 17.5 Å². The number of aromatic nitrogens is 4. The van der Waals surface area contributed by atoms with Crippen molar-refractivity contribution in [1.29, 1.82) is 0 Å². The number of carbonyl (C=O) groups excluding carboxylic acids is 1. The quantitative estimate of drug-likeness (QED) is 0.441. The van der Waals surface area contributed by atoms with E-state index in [1.54, 1.807) is 24.3 Å². The first-order chi connectivity index (χ1) is 15.3. The van der Waals surface area contributed by atoms with E-state index < -0.39 is 17.5 Å². The minimum Gasteiger partial charge on any atom is -0.334 e. The first-order valence-electron chi connectivity index (χ1n) is 10.2. The summed E-state index contributed by atoms with van der Waals surface area (Å²) in [5.74, 6) is -4.16. The second kappa shape index (κ2) is 7.22. The Balaban J connectivity index is 1.54. The SMILES string of the molecule is C[C@H]1c2nn(C)c(-c3cc(F)c(F)c(F)c3)c2CCN1C(=O)c1cccc2c1ncn2C. The monoisotopic (exact) mass is 439 g/mol. The molecule has 0 saturated carbocycles. The molecule has 6 nitrogen and oxygen atoms in total. The van der Waals surface area contributed by atoms with Crippen molar-refractivity contribution in [1.82, 2.24) is 24.2 Å². The number of fused-ring (bicyclic) bond motifs is 2. The molecule has 0 radical (unpaired) electrons. The van der Waals surface area contributed by atoms with E-state index in [4.69, 9.17) is 0 Å². The molecule has 0 spiro atoms. The normalized spacial score (nSPS) is 15.9. The summed E-state index contributed by atoms with van der Waals surface area (Å²) in [4.78, 5) is 19.5. The molecule has 164 valence electrons. The zero-order valence-electron chi connectivity index (χ0n) is 17.7. The number of imidazole rings is 1. The van der Waals surface area contributed by atoms with Crippen molar-refractivity contribution < 1.29 is 18.0 Å². The smallest absolute Gasteiger partial charge is 0.256 e. The molecule has 0 fully saturated rings. The summed E-state index contributed by atoms with van der Waals surface area (Å²) < 4.78 is 44.5. The largest absolute Gasteiger partial charge is 0.334 e. The summed E-state index contributed by atoms with van der Waals surface area (Å²) >= 11 is 0. The van der Waals surface area contributed by atoms with E-state index in [1.165, 1.54) is 4.68 Å². The molecule has 0 saturated heterocycles. The Morgan fingerprint density at radius 3 is 2.56 bits per heavy atom. The minimum absolute atomic E-state index is 0.154. The molecule has 32 heavy (non-hydrogen) atoms. The Kier molecular flexibility index (Phi) is 4.58. The molecule has 1 aliphatic rings. The first kappa shape index (κ1) is 20.3. The topological polar surface area (TPSA) is 56.0 Å². The number of para-hydroxylation sites is 1. The molecule has 5 rings (SSSR count). The van der Waals surface area contributed by atoms with Crippen LogP contribution in [0.4, 0.5) is 13.2 Å². The standard InChI is InChI=1S/C23H20F3N5O/c1-12-20-14(22(30(3)28-20)13-9-16(24)19(26)17(25)10-13)7-8-31(12)23(32)15-5-4-6-18-21(15)27-11-29(18)2/h4-6,9-12H,7-8H2,1-3H3/t12-/m0/s1. The molecule has 2 aromatic heterocycles. The molecule has 0 bridgehead atoms. The van der Waals surface area contributed by atoms with Crippen molar-refractivity contribution in [2.45, 2.75) is 19.4 Å². The van der Waals surface area contributed by atoms with Gasteiger partial charge in [-0.3, -0.25) is 9.48 Å². The van der Waals surface area contributed by atoms with E-state index in [0.29, 0.717) is 35.4 Å². The fourth-order valence-electron chi connectivity index (χ4n) is 4.56. The molecule has 2 aromatic carbocycles. The van der Waals surface area contributed by atoms with Gasteiger partial charge in [0.15, 0.2) is 17.5 Å². The van der Waals surface area contributed by atoms with Crippen LogP contribution in [-0.2, 0) is 20.5 Å². The fourth-order valence-corrected chi connectivity index (χ4v) is 4.56. The minimum atomic E-state index is -1.50. The van der Waals surface area contributed by atoms with Crippen LogP contribution in [0.2, 0.25) is 0 Å². The zero-order valence-corrected chi connectivity index (χ0v) is 17.7. The predicted molar refractivity (Wildman–Crippen MR) is 112 cm³/mol. The van der Waals surface area contributed by atoms with Crippen molar-refractivity contribution in [3.63, 3.8) is 0 Å². The van der Waals surface area contributed by atoms with Crippen LogP contribution in [0.1, 0.15) is 34.6 Å². The molecule has 1 amide bonds. The fraction of sp³-hybridized carbons (Fsp3) is 0.261. The van der Waals surface area contributed by atoms with Crippen LogP contribution in [0.15, 0.2) is 36.7 Å². The predicted octanol–water partition coefficient (Wildman–Crippen LogP) is 4.15. The molecule has 0 aliphatic carbocycles. The highest BCUT2D eigenvalue weighted by molar-refractivity contribution is 6.05. The lowest BCUT2D eigenvalue weighted by Gasteiger charge is -2.33. The number of hydrogen-bond acceptors (Lipinski definition) is 3. The van der Waals surface area contributed by atoms with Gasteiger partial charge in [0.2, 0.25) is 0 Å². The number of carbonyl (C=O) groups is 1. The highest BCUT2D eigenvalue weighted by Gasteiger charge is 2.34. The van der Waals surface area contributed by atoms with Crippen molar-refractivity contribution in [2.75, 3.05) is 6.54 Å². The second-order valence-corrected chi connectivity index (χ2v) is 8.04. The third kappa shape index (κ3) is 2.91. The van der Waals surface area contributed by atoms with Crippen LogP contribution in [0, 0.1) is 17.5 Å². The van der Waals surface area contributed by atoms with Crippen LogP contribution in [0.25, 0.3) is 22.3 Å². The number of rotatable bonds is 2. The Bertz CT molecular complexity index is 1370. The highest BCUT2D eigenvalue weighted by atomic mass is 19.2. The number of nitrogens with zero attached hydrogens (tertiary/aromatic N) is 5. The van der Waals surface area contributed by atoms with Gasteiger partial charge in [-0.25, -0.2) is 18.2 Å². The highest BCUT2D eigenvalue weighted by Crippen LogP contribution is 2.37. The molecule has 1 aliphatic heterocycles. The summed E-state index contributed by atoms with van der Waals surface area (Å²) in [5, 5.41) is 4.55. The van der Waals surface area contributed by atoms with E-state index in [1.807, 2.05) is 30.7 Å². The van der Waals surface area contributed by atoms with Crippen molar-refractivity contribution >= 4 is 16.9 Å². The Labute approximate surface area is 181 Å². The van der Waals surface area contributed by atoms with Gasteiger partial charge in [0.25, 0.3) is 5.91 Å². The molecular weight excluding hydrogens is 419 g/mol. The lowest BCUT2D eigenvalue weighted by Crippen LogP contribution is -2.39. The maximum atomic E-state index is 13.9. The van der Waals surface area contributed by atoms with E-state index >= 15 is 0 Å². The van der Waals surface area contributed by atoms with Gasteiger partial charge >= 0.3 is 0 Å². The summed E-state index contributed by atoms with van der Waals surface area (Å²) in [7, 11) is 3.54. The third-order valence-corrected chi connectivity index (χ3v) is 6.15. The molecule has 1 atom stereocenters. The van der Waals surface area contributed by atoms with Gasteiger partial charge in [0.1, 0.15) is 5.52 Å². The lowest BCUT2D eigenvalue weighted by molar-refractivity contribution is 0.0675. The molecular formula is C23H20F3N5O. The van der Waals surface area contributed by atoms with Crippen LogP contribution in [0.5, 0.6) is 0 Å². The van der Waals surface area contributed by atoms with E-state index in [2.05, 4.69) is 10.1 Å².